The van der Waals surface area contributed by atoms with Crippen LogP contribution in [0.2, 0.25) is 0 Å². The van der Waals surface area contributed by atoms with E-state index >= 15 is 0 Å². The van der Waals surface area contributed by atoms with Crippen molar-refractivity contribution in [1.82, 2.24) is 10.4 Å². The Kier molecular flexibility index (Phi) is 14.5. The maximum atomic E-state index is 12.8. The lowest BCUT2D eigenvalue weighted by Gasteiger charge is -2.23. The highest BCUT2D eigenvalue weighted by Crippen LogP contribution is 2.27. The minimum Gasteiger partial charge on any atom is -0.387 e. The summed E-state index contributed by atoms with van der Waals surface area (Å²) in [6.45, 7) is 2.02. The van der Waals surface area contributed by atoms with Gasteiger partial charge in [0, 0.05) is 35.1 Å². The van der Waals surface area contributed by atoms with Gasteiger partial charge < -0.3 is 16.3 Å². The first-order valence-corrected chi connectivity index (χ1v) is 17.6. The van der Waals surface area contributed by atoms with Gasteiger partial charge in [-0.2, -0.15) is 0 Å². The Morgan fingerprint density at radius 2 is 1.89 bits per heavy atom. The fourth-order valence-corrected chi connectivity index (χ4v) is 7.80. The predicted octanol–water partition coefficient (Wildman–Crippen LogP) is 3.08. The zero-order valence-electron chi connectivity index (χ0n) is 24.3. The lowest BCUT2D eigenvalue weighted by molar-refractivity contribution is -0.172. The van der Waals surface area contributed by atoms with E-state index in [-0.39, 0.29) is 29.6 Å². The Morgan fingerprint density at radius 1 is 1.16 bits per heavy atom. The number of aliphatic imine (C=N–C) groups is 1. The number of thioether (sulfide) groups is 1. The number of rotatable bonds is 14. The van der Waals surface area contributed by atoms with E-state index in [4.69, 9.17) is 21.8 Å². The summed E-state index contributed by atoms with van der Waals surface area (Å²) in [6, 6.07) is 4.13. The Hall–Kier alpha value is -3.08. The van der Waals surface area contributed by atoms with Crippen molar-refractivity contribution < 1.29 is 28.8 Å². The van der Waals surface area contributed by atoms with Crippen LogP contribution in [0, 0.1) is 0 Å². The second kappa shape index (κ2) is 18.0. The van der Waals surface area contributed by atoms with Crippen LogP contribution in [0.1, 0.15) is 55.8 Å². The van der Waals surface area contributed by atoms with Crippen LogP contribution in [0.5, 0.6) is 0 Å². The standard InChI is InChI=1S/C27H36N8O6S3/c1-16(36)21-15-44-43-14-19(28)25(38)20(32-21)5-2-3-11-31-23(29)6-4-12-42-22-13-24(37)35(26(22)39)41-27(40)17-7-9-18(10-8-17)33-34-30/h7-10,19-22,32H,2-6,11-15,28H2,1H3,(H2,29,31)/t19?,20-,21?,22?/m0/s1. The second-order valence-electron chi connectivity index (χ2n) is 10.1. The summed E-state index contributed by atoms with van der Waals surface area (Å²) >= 11 is 1.29. The fraction of sp³-hybridized carbons (Fsp3) is 0.556. The molecule has 0 bridgehead atoms. The first-order chi connectivity index (χ1) is 21.1. The fourth-order valence-electron chi connectivity index (χ4n) is 4.31. The van der Waals surface area contributed by atoms with Gasteiger partial charge in [-0.05, 0) is 56.0 Å². The molecule has 2 aliphatic heterocycles. The maximum absolute atomic E-state index is 12.8. The largest absolute Gasteiger partial charge is 0.387 e. The van der Waals surface area contributed by atoms with E-state index in [2.05, 4.69) is 20.3 Å². The number of hydroxylamine groups is 2. The Morgan fingerprint density at radius 3 is 2.59 bits per heavy atom. The molecule has 0 aromatic heterocycles. The third-order valence-corrected chi connectivity index (χ3v) is 10.5. The van der Waals surface area contributed by atoms with E-state index in [1.807, 2.05) is 0 Å². The number of Topliss-reactive ketones (excluding diaryl/α,β-unsaturated/α-hetero) is 2. The number of nitrogens with two attached hydrogens (primary N) is 2. The number of azide groups is 1. The summed E-state index contributed by atoms with van der Waals surface area (Å²) in [7, 11) is 3.06. The molecule has 3 rings (SSSR count). The van der Waals surface area contributed by atoms with Crippen LogP contribution in [0.3, 0.4) is 0 Å². The molecule has 1 aromatic rings. The van der Waals surface area contributed by atoms with Gasteiger partial charge in [-0.1, -0.05) is 38.8 Å². The number of amidine groups is 1. The molecule has 44 heavy (non-hydrogen) atoms. The molecule has 5 N–H and O–H groups in total. The number of amides is 2. The summed E-state index contributed by atoms with van der Waals surface area (Å²) in [5.74, 6) is -0.0235. The number of imide groups is 1. The smallest absolute Gasteiger partial charge is 0.363 e. The quantitative estimate of drug-likeness (QED) is 0.0381. The lowest BCUT2D eigenvalue weighted by Crippen LogP contribution is -2.52. The molecule has 0 radical (unpaired) electrons. The summed E-state index contributed by atoms with van der Waals surface area (Å²) in [5.41, 5.74) is 21.0. The zero-order chi connectivity index (χ0) is 32.1. The maximum Gasteiger partial charge on any atom is 0.363 e. The molecule has 2 saturated heterocycles. The zero-order valence-corrected chi connectivity index (χ0v) is 26.7. The SMILES string of the molecule is CC(=O)C1CSSCC(N)C(=O)[C@H](CCCCN=C(N)CCCSC2CC(=O)N(OC(=O)c3ccc(N=[N+]=[N-])cc3)C2=O)N1. The minimum atomic E-state index is -0.876. The highest BCUT2D eigenvalue weighted by atomic mass is 33.1. The summed E-state index contributed by atoms with van der Waals surface area (Å²) in [6.07, 6.45) is 3.06. The van der Waals surface area contributed by atoms with Crippen LogP contribution in [0.4, 0.5) is 5.69 Å². The van der Waals surface area contributed by atoms with Crippen molar-refractivity contribution in [3.63, 3.8) is 0 Å². The van der Waals surface area contributed by atoms with Crippen molar-refractivity contribution in [3.05, 3.63) is 40.3 Å². The molecule has 1 aromatic carbocycles. The van der Waals surface area contributed by atoms with Crippen molar-refractivity contribution in [2.75, 3.05) is 23.8 Å². The first-order valence-electron chi connectivity index (χ1n) is 14.1. The molecule has 2 amide bonds. The normalized spacial score (nSPS) is 23.0. The van der Waals surface area contributed by atoms with Crippen molar-refractivity contribution in [2.45, 2.75) is 68.8 Å². The number of hydrogen-bond acceptors (Lipinski definition) is 13. The van der Waals surface area contributed by atoms with Gasteiger partial charge in [0.2, 0.25) is 0 Å². The molecule has 238 valence electrons. The molecule has 14 nitrogen and oxygen atoms in total. The lowest BCUT2D eigenvalue weighted by atomic mass is 9.99. The van der Waals surface area contributed by atoms with Crippen LogP contribution in [-0.2, 0) is 24.0 Å². The van der Waals surface area contributed by atoms with Gasteiger partial charge in [0.1, 0.15) is 5.78 Å². The molecule has 3 unspecified atom stereocenters. The van der Waals surface area contributed by atoms with Gasteiger partial charge in [0.15, 0.2) is 5.78 Å². The Balaban J connectivity index is 1.35. The van der Waals surface area contributed by atoms with E-state index in [0.717, 1.165) is 6.42 Å². The molecular formula is C27H36N8O6S3. The molecule has 0 spiro atoms. The third kappa shape index (κ3) is 10.8. The average molecular weight is 665 g/mol. The van der Waals surface area contributed by atoms with Crippen molar-refractivity contribution in [3.8, 4) is 0 Å². The van der Waals surface area contributed by atoms with Crippen molar-refractivity contribution in [1.29, 1.82) is 0 Å². The number of benzene rings is 1. The van der Waals surface area contributed by atoms with Crippen LogP contribution in [0.25, 0.3) is 10.4 Å². The van der Waals surface area contributed by atoms with Crippen molar-refractivity contribution >= 4 is 74.2 Å². The van der Waals surface area contributed by atoms with Crippen LogP contribution < -0.4 is 16.8 Å². The number of ketones is 2. The summed E-state index contributed by atoms with van der Waals surface area (Å²) < 4.78 is 0. The van der Waals surface area contributed by atoms with Gasteiger partial charge in [-0.25, -0.2) is 4.79 Å². The number of nitrogens with one attached hydrogen (secondary N) is 1. The molecule has 2 aliphatic rings. The van der Waals surface area contributed by atoms with E-state index in [1.165, 1.54) is 53.7 Å². The van der Waals surface area contributed by atoms with Crippen molar-refractivity contribution in [2.24, 2.45) is 21.6 Å². The van der Waals surface area contributed by atoms with Gasteiger partial charge in [0.05, 0.1) is 41.2 Å². The third-order valence-electron chi connectivity index (χ3n) is 6.78. The molecule has 4 atom stereocenters. The molecule has 17 heteroatoms. The average Bonchev–Trinajstić information content (AvgIpc) is 3.29. The van der Waals surface area contributed by atoms with Gasteiger partial charge in [-0.3, -0.25) is 29.5 Å². The first kappa shape index (κ1) is 35.4. The Bertz CT molecular complexity index is 1290. The predicted molar refractivity (Wildman–Crippen MR) is 172 cm³/mol. The Labute approximate surface area is 267 Å². The van der Waals surface area contributed by atoms with Gasteiger partial charge in [0.25, 0.3) is 11.8 Å². The molecule has 0 saturated carbocycles. The van der Waals surface area contributed by atoms with Gasteiger partial charge in [-0.15, -0.1) is 16.8 Å². The molecular weight excluding hydrogens is 629 g/mol. The van der Waals surface area contributed by atoms with E-state index in [9.17, 15) is 24.0 Å². The van der Waals surface area contributed by atoms with Gasteiger partial charge >= 0.3 is 5.97 Å². The molecule has 2 fully saturated rings. The monoisotopic (exact) mass is 664 g/mol. The number of hydrogen-bond donors (Lipinski definition) is 3. The molecule has 0 aliphatic carbocycles. The van der Waals surface area contributed by atoms with E-state index < -0.39 is 35.1 Å². The highest BCUT2D eigenvalue weighted by molar-refractivity contribution is 8.76. The van der Waals surface area contributed by atoms with Crippen LogP contribution in [0.15, 0.2) is 34.4 Å². The number of nitrogens with zero attached hydrogens (tertiary/aromatic N) is 5. The van der Waals surface area contributed by atoms with E-state index in [1.54, 1.807) is 10.8 Å². The minimum absolute atomic E-state index is 0.00132. The summed E-state index contributed by atoms with van der Waals surface area (Å²) in [5, 5.41) is 6.46. The van der Waals surface area contributed by atoms with E-state index in [0.29, 0.717) is 66.1 Å². The molecule has 2 heterocycles. The second-order valence-corrected chi connectivity index (χ2v) is 14.0. The topological polar surface area (TPSA) is 223 Å². The highest BCUT2D eigenvalue weighted by Gasteiger charge is 2.42. The number of carbonyl (C=O) groups excluding carboxylic acids is 5. The number of carbonyl (C=O) groups is 5. The number of unbranched alkanes of at least 4 members (excludes halogenated alkanes) is 1. The summed E-state index contributed by atoms with van der Waals surface area (Å²) in [4.78, 5) is 74.2. The van der Waals surface area contributed by atoms with Crippen LogP contribution >= 0.6 is 33.3 Å². The van der Waals surface area contributed by atoms with Crippen LogP contribution in [-0.4, -0.2) is 87.4 Å².